The van der Waals surface area contributed by atoms with Crippen LogP contribution in [0.15, 0.2) is 24.3 Å². The molecular formula is C14H17N3O2. The molecule has 1 amide bonds. The Kier molecular flexibility index (Phi) is 4.76. The van der Waals surface area contributed by atoms with E-state index in [0.29, 0.717) is 30.9 Å². The highest BCUT2D eigenvalue weighted by Gasteiger charge is 2.13. The van der Waals surface area contributed by atoms with Gasteiger partial charge < -0.3 is 10.1 Å². The van der Waals surface area contributed by atoms with E-state index in [-0.39, 0.29) is 5.91 Å². The van der Waals surface area contributed by atoms with Crippen LogP contribution in [0.3, 0.4) is 0 Å². The van der Waals surface area contributed by atoms with Crippen LogP contribution in [0.25, 0.3) is 0 Å². The minimum Gasteiger partial charge on any atom is -0.491 e. The molecule has 100 valence electrons. The van der Waals surface area contributed by atoms with E-state index in [9.17, 15) is 4.79 Å². The first kappa shape index (κ1) is 13.4. The Morgan fingerprint density at radius 2 is 2.21 bits per heavy atom. The van der Waals surface area contributed by atoms with Crippen LogP contribution in [0.2, 0.25) is 0 Å². The van der Waals surface area contributed by atoms with Crippen LogP contribution in [0, 0.1) is 11.3 Å². The minimum atomic E-state index is 0.109. The van der Waals surface area contributed by atoms with Crippen LogP contribution in [0.4, 0.5) is 0 Å². The van der Waals surface area contributed by atoms with Crippen molar-refractivity contribution in [2.45, 2.75) is 6.42 Å². The number of hydrogen-bond donors (Lipinski definition) is 1. The zero-order valence-electron chi connectivity index (χ0n) is 10.8. The van der Waals surface area contributed by atoms with Crippen molar-refractivity contribution in [1.29, 1.82) is 5.26 Å². The molecule has 1 aromatic carbocycles. The van der Waals surface area contributed by atoms with Crippen molar-refractivity contribution in [3.05, 3.63) is 29.8 Å². The predicted molar refractivity (Wildman–Crippen MR) is 70.7 cm³/mol. The van der Waals surface area contributed by atoms with Gasteiger partial charge in [-0.15, -0.1) is 0 Å². The van der Waals surface area contributed by atoms with Crippen LogP contribution < -0.4 is 10.1 Å². The molecule has 2 rings (SSSR count). The molecular weight excluding hydrogens is 242 g/mol. The summed E-state index contributed by atoms with van der Waals surface area (Å²) in [5.41, 5.74) is 0.551. The Morgan fingerprint density at radius 3 is 3.05 bits per heavy atom. The van der Waals surface area contributed by atoms with E-state index in [1.165, 1.54) is 0 Å². The Morgan fingerprint density at radius 1 is 1.37 bits per heavy atom. The largest absolute Gasteiger partial charge is 0.491 e. The predicted octanol–water partition coefficient (Wildman–Crippen LogP) is 0.759. The first-order valence-electron chi connectivity index (χ1n) is 6.40. The lowest BCUT2D eigenvalue weighted by Gasteiger charge is -2.19. The topological polar surface area (TPSA) is 65.4 Å². The van der Waals surface area contributed by atoms with Gasteiger partial charge >= 0.3 is 0 Å². The molecule has 0 spiro atoms. The molecule has 1 heterocycles. The molecule has 0 unspecified atom stereocenters. The number of rotatable bonds is 4. The maximum atomic E-state index is 11.2. The van der Waals surface area contributed by atoms with Crippen molar-refractivity contribution < 1.29 is 9.53 Å². The molecule has 19 heavy (non-hydrogen) atoms. The molecule has 1 aromatic rings. The molecule has 0 bridgehead atoms. The number of nitrogens with zero attached hydrogens (tertiary/aromatic N) is 2. The Labute approximate surface area is 112 Å². The summed E-state index contributed by atoms with van der Waals surface area (Å²) in [6.07, 6.45) is 0.536. The number of carbonyl (C=O) groups is 1. The van der Waals surface area contributed by atoms with Crippen molar-refractivity contribution in [2.24, 2.45) is 0 Å². The summed E-state index contributed by atoms with van der Waals surface area (Å²) >= 11 is 0. The summed E-state index contributed by atoms with van der Waals surface area (Å²) in [5.74, 6) is 0.729. The summed E-state index contributed by atoms with van der Waals surface area (Å²) in [4.78, 5) is 13.4. The molecule has 0 saturated carbocycles. The van der Waals surface area contributed by atoms with Crippen molar-refractivity contribution in [1.82, 2.24) is 10.2 Å². The third kappa shape index (κ3) is 3.97. The van der Waals surface area contributed by atoms with E-state index >= 15 is 0 Å². The van der Waals surface area contributed by atoms with Crippen molar-refractivity contribution >= 4 is 5.91 Å². The van der Waals surface area contributed by atoms with Gasteiger partial charge in [0.25, 0.3) is 0 Å². The van der Waals surface area contributed by atoms with E-state index in [1.54, 1.807) is 12.1 Å². The molecule has 0 aliphatic carbocycles. The van der Waals surface area contributed by atoms with Gasteiger partial charge in [-0.3, -0.25) is 9.69 Å². The smallest absolute Gasteiger partial charge is 0.221 e. The second-order valence-corrected chi connectivity index (χ2v) is 4.40. The van der Waals surface area contributed by atoms with Crippen molar-refractivity contribution in [3.63, 3.8) is 0 Å². The standard InChI is InChI=1S/C14H17N3O2/c15-11-12-3-1-2-4-13(12)19-10-9-17-7-5-14(18)16-6-8-17/h1-4H,5-10H2,(H,16,18). The van der Waals surface area contributed by atoms with Crippen LogP contribution in [0.1, 0.15) is 12.0 Å². The van der Waals surface area contributed by atoms with Gasteiger partial charge in [0.1, 0.15) is 18.4 Å². The van der Waals surface area contributed by atoms with Crippen LogP contribution >= 0.6 is 0 Å². The second-order valence-electron chi connectivity index (χ2n) is 4.40. The number of amides is 1. The minimum absolute atomic E-state index is 0.109. The van der Waals surface area contributed by atoms with E-state index in [4.69, 9.17) is 10.00 Å². The Hall–Kier alpha value is -2.06. The number of ether oxygens (including phenoxy) is 1. The van der Waals surface area contributed by atoms with Crippen molar-refractivity contribution in [3.8, 4) is 11.8 Å². The Balaban J connectivity index is 1.80. The third-order valence-electron chi connectivity index (χ3n) is 3.08. The van der Waals surface area contributed by atoms with Gasteiger partial charge in [-0.25, -0.2) is 0 Å². The molecule has 0 aromatic heterocycles. The van der Waals surface area contributed by atoms with Crippen LogP contribution in [-0.4, -0.2) is 43.6 Å². The quantitative estimate of drug-likeness (QED) is 0.867. The van der Waals surface area contributed by atoms with E-state index in [2.05, 4.69) is 16.3 Å². The lowest BCUT2D eigenvalue weighted by molar-refractivity contribution is -0.120. The first-order chi connectivity index (χ1) is 9.29. The number of benzene rings is 1. The number of para-hydroxylation sites is 1. The maximum absolute atomic E-state index is 11.2. The average molecular weight is 259 g/mol. The second kappa shape index (κ2) is 6.76. The fraction of sp³-hybridized carbons (Fsp3) is 0.429. The zero-order chi connectivity index (χ0) is 13.5. The van der Waals surface area contributed by atoms with Gasteiger partial charge in [-0.1, -0.05) is 12.1 Å². The number of nitrogens with one attached hydrogen (secondary N) is 1. The summed E-state index contributed by atoms with van der Waals surface area (Å²) < 4.78 is 5.63. The van der Waals surface area contributed by atoms with Gasteiger partial charge in [-0.2, -0.15) is 5.26 Å². The molecule has 1 fully saturated rings. The lowest BCUT2D eigenvalue weighted by Crippen LogP contribution is -2.32. The molecule has 1 aliphatic heterocycles. The van der Waals surface area contributed by atoms with E-state index in [0.717, 1.165) is 19.6 Å². The maximum Gasteiger partial charge on any atom is 0.221 e. The SMILES string of the molecule is N#Cc1ccccc1OCCN1CCNC(=O)CC1. The number of hydrogen-bond acceptors (Lipinski definition) is 4. The average Bonchev–Trinajstić information content (AvgIpc) is 2.64. The number of nitriles is 1. The van der Waals surface area contributed by atoms with E-state index < -0.39 is 0 Å². The molecule has 1 N–H and O–H groups in total. The summed E-state index contributed by atoms with van der Waals surface area (Å²) in [6, 6.07) is 9.31. The number of carbonyl (C=O) groups excluding carboxylic acids is 1. The molecule has 1 saturated heterocycles. The lowest BCUT2D eigenvalue weighted by atomic mass is 10.2. The molecule has 5 nitrogen and oxygen atoms in total. The molecule has 5 heteroatoms. The van der Waals surface area contributed by atoms with Crippen LogP contribution in [-0.2, 0) is 4.79 Å². The fourth-order valence-corrected chi connectivity index (χ4v) is 2.01. The van der Waals surface area contributed by atoms with Gasteiger partial charge in [0.2, 0.25) is 5.91 Å². The van der Waals surface area contributed by atoms with Gasteiger partial charge in [-0.05, 0) is 12.1 Å². The summed E-state index contributed by atoms with van der Waals surface area (Å²) in [7, 11) is 0. The van der Waals surface area contributed by atoms with Crippen molar-refractivity contribution in [2.75, 3.05) is 32.8 Å². The summed E-state index contributed by atoms with van der Waals surface area (Å²) in [6.45, 7) is 3.57. The highest BCUT2D eigenvalue weighted by atomic mass is 16.5. The highest BCUT2D eigenvalue weighted by Crippen LogP contribution is 2.16. The molecule has 0 atom stereocenters. The highest BCUT2D eigenvalue weighted by molar-refractivity contribution is 5.76. The zero-order valence-corrected chi connectivity index (χ0v) is 10.8. The van der Waals surface area contributed by atoms with Crippen LogP contribution in [0.5, 0.6) is 5.75 Å². The third-order valence-corrected chi connectivity index (χ3v) is 3.08. The normalized spacial score (nSPS) is 16.3. The van der Waals surface area contributed by atoms with Gasteiger partial charge in [0.05, 0.1) is 5.56 Å². The van der Waals surface area contributed by atoms with Gasteiger partial charge in [0.15, 0.2) is 0 Å². The van der Waals surface area contributed by atoms with Gasteiger partial charge in [0, 0.05) is 32.6 Å². The monoisotopic (exact) mass is 259 g/mol. The molecule has 1 aliphatic rings. The summed E-state index contributed by atoms with van der Waals surface area (Å²) in [5, 5.41) is 11.8. The fourth-order valence-electron chi connectivity index (χ4n) is 2.01. The first-order valence-corrected chi connectivity index (χ1v) is 6.40. The molecule has 0 radical (unpaired) electrons. The van der Waals surface area contributed by atoms with E-state index in [1.807, 2.05) is 12.1 Å². The Bertz CT molecular complexity index is 482.